The molecule has 0 bridgehead atoms. The van der Waals surface area contributed by atoms with Gasteiger partial charge in [0.2, 0.25) is 5.91 Å². The molecule has 2 amide bonds. The van der Waals surface area contributed by atoms with Crippen molar-refractivity contribution in [3.63, 3.8) is 0 Å². The Morgan fingerprint density at radius 2 is 1.92 bits per heavy atom. The number of hydrogen-bond acceptors (Lipinski definition) is 5. The molecular formula is C17H18FN3O4. The lowest BCUT2D eigenvalue weighted by Gasteiger charge is -2.26. The monoisotopic (exact) mass is 347 g/mol. The van der Waals surface area contributed by atoms with Crippen LogP contribution in [0.2, 0.25) is 0 Å². The van der Waals surface area contributed by atoms with Gasteiger partial charge in [-0.25, -0.2) is 4.39 Å². The molecule has 3 rings (SSSR count). The summed E-state index contributed by atoms with van der Waals surface area (Å²) in [6.45, 7) is 2.47. The lowest BCUT2D eigenvalue weighted by atomic mass is 10.1. The number of carbonyl (C=O) groups is 2. The van der Waals surface area contributed by atoms with Gasteiger partial charge in [0.1, 0.15) is 5.82 Å². The van der Waals surface area contributed by atoms with E-state index in [9.17, 15) is 14.0 Å². The van der Waals surface area contributed by atoms with E-state index in [1.54, 1.807) is 17.0 Å². The summed E-state index contributed by atoms with van der Waals surface area (Å²) >= 11 is 0. The SMILES string of the molecule is O=C(NCCC(=O)N1CCOCC1)c1cc(-c2ccc(F)cc2)on1. The minimum atomic E-state index is -0.424. The molecular weight excluding hydrogens is 329 g/mol. The molecule has 7 nitrogen and oxygen atoms in total. The zero-order valence-corrected chi connectivity index (χ0v) is 13.5. The van der Waals surface area contributed by atoms with E-state index in [4.69, 9.17) is 9.26 Å². The summed E-state index contributed by atoms with van der Waals surface area (Å²) in [7, 11) is 0. The number of aromatic nitrogens is 1. The first-order valence-corrected chi connectivity index (χ1v) is 8.00. The molecule has 0 saturated carbocycles. The van der Waals surface area contributed by atoms with E-state index in [1.165, 1.54) is 18.2 Å². The maximum Gasteiger partial charge on any atom is 0.273 e. The second-order valence-electron chi connectivity index (χ2n) is 5.58. The molecule has 132 valence electrons. The van der Waals surface area contributed by atoms with Crippen molar-refractivity contribution in [3.8, 4) is 11.3 Å². The Morgan fingerprint density at radius 3 is 2.64 bits per heavy atom. The van der Waals surface area contributed by atoms with Crippen molar-refractivity contribution in [2.24, 2.45) is 0 Å². The summed E-state index contributed by atoms with van der Waals surface area (Å²) in [6, 6.07) is 7.16. The third-order valence-electron chi connectivity index (χ3n) is 3.86. The van der Waals surface area contributed by atoms with Gasteiger partial charge in [-0.3, -0.25) is 9.59 Å². The lowest BCUT2D eigenvalue weighted by Crippen LogP contribution is -2.42. The van der Waals surface area contributed by atoms with Crippen LogP contribution in [0, 0.1) is 5.82 Å². The van der Waals surface area contributed by atoms with Crippen molar-refractivity contribution < 1.29 is 23.2 Å². The highest BCUT2D eigenvalue weighted by Crippen LogP contribution is 2.20. The van der Waals surface area contributed by atoms with Gasteiger partial charge < -0.3 is 19.5 Å². The van der Waals surface area contributed by atoms with E-state index in [0.717, 1.165) is 0 Å². The number of hydrogen-bond donors (Lipinski definition) is 1. The van der Waals surface area contributed by atoms with Gasteiger partial charge in [-0.05, 0) is 24.3 Å². The van der Waals surface area contributed by atoms with E-state index >= 15 is 0 Å². The first-order valence-electron chi connectivity index (χ1n) is 8.00. The Bertz CT molecular complexity index is 739. The average molecular weight is 347 g/mol. The molecule has 8 heteroatoms. The number of benzene rings is 1. The van der Waals surface area contributed by atoms with Gasteiger partial charge in [-0.15, -0.1) is 0 Å². The molecule has 0 unspecified atom stereocenters. The highest BCUT2D eigenvalue weighted by atomic mass is 19.1. The van der Waals surface area contributed by atoms with E-state index in [0.29, 0.717) is 37.6 Å². The Morgan fingerprint density at radius 1 is 1.20 bits per heavy atom. The van der Waals surface area contributed by atoms with Gasteiger partial charge in [-0.2, -0.15) is 0 Å². The molecule has 1 fully saturated rings. The second-order valence-corrected chi connectivity index (χ2v) is 5.58. The molecule has 1 saturated heterocycles. The number of amides is 2. The summed E-state index contributed by atoms with van der Waals surface area (Å²) in [5.74, 6) is -0.427. The zero-order chi connectivity index (χ0) is 17.6. The number of morpholine rings is 1. The number of carbonyl (C=O) groups excluding carboxylic acids is 2. The van der Waals surface area contributed by atoms with E-state index in [-0.39, 0.29) is 30.4 Å². The second kappa shape index (κ2) is 7.89. The third kappa shape index (κ3) is 4.42. The van der Waals surface area contributed by atoms with Crippen molar-refractivity contribution in [2.45, 2.75) is 6.42 Å². The normalized spacial score (nSPS) is 14.4. The first kappa shape index (κ1) is 17.1. The molecule has 1 N–H and O–H groups in total. The average Bonchev–Trinajstić information content (AvgIpc) is 3.13. The lowest BCUT2D eigenvalue weighted by molar-refractivity contribution is -0.135. The molecule has 0 spiro atoms. The first-order chi connectivity index (χ1) is 12.1. The molecule has 1 aliphatic heterocycles. The number of rotatable bonds is 5. The van der Waals surface area contributed by atoms with E-state index < -0.39 is 5.91 Å². The van der Waals surface area contributed by atoms with Crippen LogP contribution in [0.3, 0.4) is 0 Å². The topological polar surface area (TPSA) is 84.7 Å². The minimum Gasteiger partial charge on any atom is -0.378 e. The fraction of sp³-hybridized carbons (Fsp3) is 0.353. The number of halogens is 1. The summed E-state index contributed by atoms with van der Waals surface area (Å²) in [6.07, 6.45) is 0.217. The van der Waals surface area contributed by atoms with Crippen LogP contribution < -0.4 is 5.32 Å². The van der Waals surface area contributed by atoms with Gasteiger partial charge in [0.15, 0.2) is 11.5 Å². The largest absolute Gasteiger partial charge is 0.378 e. The predicted molar refractivity (Wildman–Crippen MR) is 86.2 cm³/mol. The van der Waals surface area contributed by atoms with E-state index in [2.05, 4.69) is 10.5 Å². The van der Waals surface area contributed by atoms with Crippen LogP contribution in [0.15, 0.2) is 34.9 Å². The molecule has 25 heavy (non-hydrogen) atoms. The van der Waals surface area contributed by atoms with Crippen molar-refractivity contribution in [1.82, 2.24) is 15.4 Å². The van der Waals surface area contributed by atoms with Crippen molar-refractivity contribution >= 4 is 11.8 Å². The van der Waals surface area contributed by atoms with Crippen LogP contribution in [-0.2, 0) is 9.53 Å². The maximum absolute atomic E-state index is 12.9. The zero-order valence-electron chi connectivity index (χ0n) is 13.5. The Labute approximate surface area is 143 Å². The van der Waals surface area contributed by atoms with Crippen LogP contribution in [0.4, 0.5) is 4.39 Å². The molecule has 1 aliphatic rings. The molecule has 0 radical (unpaired) electrons. The van der Waals surface area contributed by atoms with Gasteiger partial charge in [0.05, 0.1) is 13.2 Å². The number of nitrogens with zero attached hydrogens (tertiary/aromatic N) is 2. The quantitative estimate of drug-likeness (QED) is 0.885. The van der Waals surface area contributed by atoms with Crippen molar-refractivity contribution in [1.29, 1.82) is 0 Å². The molecule has 0 atom stereocenters. The fourth-order valence-electron chi connectivity index (χ4n) is 2.48. The van der Waals surface area contributed by atoms with Crippen molar-refractivity contribution in [3.05, 3.63) is 41.8 Å². The maximum atomic E-state index is 12.9. The van der Waals surface area contributed by atoms with Crippen LogP contribution in [0.25, 0.3) is 11.3 Å². The van der Waals surface area contributed by atoms with Crippen LogP contribution in [0.1, 0.15) is 16.9 Å². The van der Waals surface area contributed by atoms with Crippen molar-refractivity contribution in [2.75, 3.05) is 32.8 Å². The third-order valence-corrected chi connectivity index (χ3v) is 3.86. The van der Waals surface area contributed by atoms with Crippen LogP contribution in [0.5, 0.6) is 0 Å². The van der Waals surface area contributed by atoms with Gasteiger partial charge >= 0.3 is 0 Å². The highest BCUT2D eigenvalue weighted by Gasteiger charge is 2.18. The highest BCUT2D eigenvalue weighted by molar-refractivity contribution is 5.93. The molecule has 0 aliphatic carbocycles. The van der Waals surface area contributed by atoms with Crippen LogP contribution in [-0.4, -0.2) is 54.7 Å². The molecule has 2 aromatic rings. The molecule has 1 aromatic heterocycles. The summed E-state index contributed by atoms with van der Waals surface area (Å²) in [5, 5.41) is 6.35. The number of ether oxygens (including phenoxy) is 1. The summed E-state index contributed by atoms with van der Waals surface area (Å²) in [4.78, 5) is 25.8. The van der Waals surface area contributed by atoms with Crippen LogP contribution >= 0.6 is 0 Å². The van der Waals surface area contributed by atoms with Gasteiger partial charge in [0, 0.05) is 37.7 Å². The fourth-order valence-corrected chi connectivity index (χ4v) is 2.48. The molecule has 1 aromatic carbocycles. The number of nitrogens with one attached hydrogen (secondary N) is 1. The van der Waals surface area contributed by atoms with Gasteiger partial charge in [0.25, 0.3) is 5.91 Å². The summed E-state index contributed by atoms with van der Waals surface area (Å²) < 4.78 is 23.2. The Kier molecular flexibility index (Phi) is 5.39. The smallest absolute Gasteiger partial charge is 0.273 e. The minimum absolute atomic E-state index is 0.0178. The van der Waals surface area contributed by atoms with Gasteiger partial charge in [-0.1, -0.05) is 5.16 Å². The predicted octanol–water partition coefficient (Wildman–Crippen LogP) is 1.46. The Hall–Kier alpha value is -2.74. The standard InChI is InChI=1S/C17H18FN3O4/c18-13-3-1-12(2-4-13)15-11-14(20-25-15)17(23)19-6-5-16(22)21-7-9-24-10-8-21/h1-4,11H,5-10H2,(H,19,23). The summed E-state index contributed by atoms with van der Waals surface area (Å²) in [5.41, 5.74) is 0.730. The molecule has 2 heterocycles. The van der Waals surface area contributed by atoms with E-state index in [1.807, 2.05) is 0 Å². The Balaban J connectivity index is 1.50.